The van der Waals surface area contributed by atoms with E-state index in [4.69, 9.17) is 9.47 Å². The molecule has 3 fully saturated rings. The number of fused-ring (bicyclic) bond motifs is 3. The second-order valence-electron chi connectivity index (χ2n) is 13.7. The number of amides is 2. The first-order valence-corrected chi connectivity index (χ1v) is 18.2. The van der Waals surface area contributed by atoms with Crippen molar-refractivity contribution in [2.45, 2.75) is 57.7 Å². The van der Waals surface area contributed by atoms with Crippen molar-refractivity contribution in [3.05, 3.63) is 104 Å². The largest absolute Gasteiger partial charge is 0.504 e. The maximum Gasteiger partial charge on any atom is 0.234 e. The Morgan fingerprint density at radius 1 is 1.00 bits per heavy atom. The van der Waals surface area contributed by atoms with Crippen LogP contribution in [0.5, 0.6) is 11.5 Å². The average Bonchev–Trinajstić information content (AvgIpc) is 3.64. The number of carbonyl (C=O) groups excluding carboxylic acids is 2. The van der Waals surface area contributed by atoms with Crippen LogP contribution in [0.25, 0.3) is 11.6 Å². The number of halogens is 1. The second-order valence-corrected chi connectivity index (χ2v) is 14.8. The Kier molecular flexibility index (Phi) is 9.76. The molecule has 4 atom stereocenters. The van der Waals surface area contributed by atoms with Crippen LogP contribution in [0.4, 0.5) is 0 Å². The molecule has 3 aromatic carbocycles. The van der Waals surface area contributed by atoms with Crippen LogP contribution in [0.15, 0.2) is 83.9 Å². The molecular weight excluding hydrogens is 715 g/mol. The van der Waals surface area contributed by atoms with Crippen molar-refractivity contribution in [3.63, 3.8) is 0 Å². The van der Waals surface area contributed by atoms with Crippen LogP contribution in [-0.2, 0) is 20.9 Å². The zero-order chi connectivity index (χ0) is 33.4. The van der Waals surface area contributed by atoms with Gasteiger partial charge in [-0.1, -0.05) is 72.3 Å². The van der Waals surface area contributed by atoms with Gasteiger partial charge < -0.3 is 14.6 Å². The highest BCUT2D eigenvalue weighted by Gasteiger charge is 2.57. The monoisotopic (exact) mass is 758 g/mol. The van der Waals surface area contributed by atoms with Gasteiger partial charge in [0.15, 0.2) is 11.5 Å². The summed E-state index contributed by atoms with van der Waals surface area (Å²) in [6, 6.07) is 24.6. The number of carbonyl (C=O) groups is 2. The SMILES string of the molecule is COc1cc(/C=C(/CC[C@H]2OC[C@H]3C2=C(C)C[C@H]2C(=O)N(C4CCN(Cc5ccccc5)CC4)C(=O)[C@H]23)c2ccccc2)cc(I)c1O. The molecule has 0 spiro atoms. The maximum atomic E-state index is 14.1. The van der Waals surface area contributed by atoms with Crippen molar-refractivity contribution in [2.75, 3.05) is 26.8 Å². The van der Waals surface area contributed by atoms with Crippen molar-refractivity contribution in [1.82, 2.24) is 9.80 Å². The van der Waals surface area contributed by atoms with Crippen LogP contribution >= 0.6 is 22.6 Å². The number of rotatable bonds is 9. The fourth-order valence-corrected chi connectivity index (χ4v) is 9.09. The fourth-order valence-electron chi connectivity index (χ4n) is 8.46. The average molecular weight is 759 g/mol. The van der Waals surface area contributed by atoms with Gasteiger partial charge >= 0.3 is 0 Å². The number of hydrogen-bond donors (Lipinski definition) is 1. The highest BCUT2D eigenvalue weighted by atomic mass is 127. The van der Waals surface area contributed by atoms with E-state index in [1.54, 1.807) is 12.0 Å². The lowest BCUT2D eigenvalue weighted by atomic mass is 9.70. The van der Waals surface area contributed by atoms with E-state index in [0.29, 0.717) is 18.8 Å². The smallest absolute Gasteiger partial charge is 0.234 e. The summed E-state index contributed by atoms with van der Waals surface area (Å²) in [5, 5.41) is 10.4. The molecule has 4 aliphatic rings. The Hall–Kier alpha value is -3.47. The van der Waals surface area contributed by atoms with Gasteiger partial charge in [0.1, 0.15) is 0 Å². The topological polar surface area (TPSA) is 79.3 Å². The summed E-state index contributed by atoms with van der Waals surface area (Å²) in [5.74, 6) is 0.00468. The lowest BCUT2D eigenvalue weighted by Crippen LogP contribution is -2.47. The number of piperidine rings is 1. The third-order valence-electron chi connectivity index (χ3n) is 10.8. The minimum atomic E-state index is -0.320. The number of aromatic hydroxyl groups is 1. The standard InChI is InChI=1S/C40H43IN2O5/c1-25-19-31-37(40(46)43(39(31)45)30-15-17-42(18-16-30)23-26-9-5-3-6-10-26)32-24-48-34(36(25)32)14-13-29(28-11-7-4-8-12-28)20-27-21-33(41)38(44)35(22-27)47-2/h3-12,20-22,30-32,34,37,44H,13-19,23-24H2,1-2H3/b29-20-/t31-,32+,34-,37-/m1/s1. The summed E-state index contributed by atoms with van der Waals surface area (Å²) in [6.07, 6.45) is 5.91. The number of benzene rings is 3. The highest BCUT2D eigenvalue weighted by Crippen LogP contribution is 2.50. The molecule has 0 radical (unpaired) electrons. The predicted molar refractivity (Wildman–Crippen MR) is 195 cm³/mol. The molecule has 2 amide bonds. The van der Waals surface area contributed by atoms with Crippen molar-refractivity contribution >= 4 is 46.1 Å². The Balaban J connectivity index is 1.05. The fraction of sp³-hybridized carbons (Fsp3) is 0.400. The first-order chi connectivity index (χ1) is 23.3. The lowest BCUT2D eigenvalue weighted by Gasteiger charge is -2.36. The Morgan fingerprint density at radius 3 is 2.42 bits per heavy atom. The van der Waals surface area contributed by atoms with E-state index in [0.717, 1.165) is 65.6 Å². The van der Waals surface area contributed by atoms with Crippen molar-refractivity contribution in [3.8, 4) is 11.5 Å². The minimum Gasteiger partial charge on any atom is -0.504 e. The quantitative estimate of drug-likeness (QED) is 0.107. The van der Waals surface area contributed by atoms with E-state index in [2.05, 4.69) is 76.9 Å². The Bertz CT molecular complexity index is 1730. The highest BCUT2D eigenvalue weighted by molar-refractivity contribution is 14.1. The molecule has 3 aromatic rings. The van der Waals surface area contributed by atoms with E-state index in [1.165, 1.54) is 16.7 Å². The molecule has 0 unspecified atom stereocenters. The maximum absolute atomic E-state index is 14.1. The summed E-state index contributed by atoms with van der Waals surface area (Å²) in [7, 11) is 1.56. The van der Waals surface area contributed by atoms with E-state index < -0.39 is 0 Å². The lowest BCUT2D eigenvalue weighted by molar-refractivity contribution is -0.144. The van der Waals surface area contributed by atoms with Crippen molar-refractivity contribution in [2.24, 2.45) is 17.8 Å². The molecule has 3 saturated heterocycles. The number of methoxy groups -OCH3 is 1. The molecule has 8 heteroatoms. The van der Waals surface area contributed by atoms with Crippen molar-refractivity contribution in [1.29, 1.82) is 0 Å². The summed E-state index contributed by atoms with van der Waals surface area (Å²) in [6.45, 7) is 5.30. The van der Waals surface area contributed by atoms with Crippen LogP contribution in [0, 0.1) is 21.3 Å². The molecule has 0 aromatic heterocycles. The molecule has 3 heterocycles. The van der Waals surface area contributed by atoms with E-state index in [9.17, 15) is 14.7 Å². The number of phenolic OH excluding ortho intramolecular Hbond substituents is 1. The van der Waals surface area contributed by atoms with Gasteiger partial charge in [0.05, 0.1) is 35.2 Å². The normalized spacial score (nSPS) is 25.1. The second kappa shape index (κ2) is 14.2. The van der Waals surface area contributed by atoms with Gasteiger partial charge in [-0.25, -0.2) is 0 Å². The van der Waals surface area contributed by atoms with Gasteiger partial charge in [-0.05, 0) is 102 Å². The van der Waals surface area contributed by atoms with Crippen LogP contribution in [-0.4, -0.2) is 65.7 Å². The molecule has 1 aliphatic carbocycles. The molecule has 1 N–H and O–H groups in total. The summed E-state index contributed by atoms with van der Waals surface area (Å²) in [4.78, 5) is 32.1. The molecule has 7 rings (SSSR count). The number of imide groups is 1. The number of hydrogen-bond acceptors (Lipinski definition) is 6. The number of likely N-dealkylation sites (tertiary alicyclic amines) is 2. The van der Waals surface area contributed by atoms with Gasteiger partial charge in [0.25, 0.3) is 0 Å². The van der Waals surface area contributed by atoms with Gasteiger partial charge in [-0.2, -0.15) is 0 Å². The third-order valence-corrected chi connectivity index (χ3v) is 11.6. The molecule has 250 valence electrons. The first-order valence-electron chi connectivity index (χ1n) is 17.1. The summed E-state index contributed by atoms with van der Waals surface area (Å²) in [5.41, 5.74) is 7.00. The zero-order valence-corrected chi connectivity index (χ0v) is 29.8. The Morgan fingerprint density at radius 2 is 1.71 bits per heavy atom. The van der Waals surface area contributed by atoms with Crippen LogP contribution in [0.1, 0.15) is 55.7 Å². The third kappa shape index (κ3) is 6.46. The summed E-state index contributed by atoms with van der Waals surface area (Å²) < 4.78 is 12.6. The molecular formula is C40H43IN2O5. The number of ether oxygens (including phenoxy) is 2. The van der Waals surface area contributed by atoms with Crippen LogP contribution in [0.2, 0.25) is 0 Å². The van der Waals surface area contributed by atoms with Gasteiger partial charge in [0, 0.05) is 31.6 Å². The molecule has 0 saturated carbocycles. The zero-order valence-electron chi connectivity index (χ0n) is 27.6. The molecule has 0 bridgehead atoms. The number of nitrogens with zero attached hydrogens (tertiary/aromatic N) is 2. The van der Waals surface area contributed by atoms with Gasteiger partial charge in [-0.15, -0.1) is 0 Å². The number of allylic oxidation sites excluding steroid dienone is 2. The van der Waals surface area contributed by atoms with Crippen LogP contribution < -0.4 is 4.74 Å². The van der Waals surface area contributed by atoms with E-state index in [1.807, 2.05) is 36.4 Å². The molecule has 3 aliphatic heterocycles. The first kappa shape index (κ1) is 33.0. The van der Waals surface area contributed by atoms with Crippen molar-refractivity contribution < 1.29 is 24.2 Å². The molecule has 48 heavy (non-hydrogen) atoms. The van der Waals surface area contributed by atoms with Crippen LogP contribution in [0.3, 0.4) is 0 Å². The Labute approximate surface area is 296 Å². The predicted octanol–water partition coefficient (Wildman–Crippen LogP) is 7.33. The molecule has 7 nitrogen and oxygen atoms in total. The van der Waals surface area contributed by atoms with E-state index in [-0.39, 0.29) is 47.5 Å². The van der Waals surface area contributed by atoms with Gasteiger partial charge in [0.2, 0.25) is 11.8 Å². The van der Waals surface area contributed by atoms with E-state index >= 15 is 0 Å². The minimum absolute atomic E-state index is 0.0199. The summed E-state index contributed by atoms with van der Waals surface area (Å²) >= 11 is 2.13. The number of phenols is 1. The van der Waals surface area contributed by atoms with Gasteiger partial charge in [-0.3, -0.25) is 19.4 Å².